The summed E-state index contributed by atoms with van der Waals surface area (Å²) in [6.07, 6.45) is 22.5. The third-order valence-electron chi connectivity index (χ3n) is 20.9. The van der Waals surface area contributed by atoms with Gasteiger partial charge in [-0.15, -0.1) is 0 Å². The lowest BCUT2D eigenvalue weighted by atomic mass is 9.49. The fraction of sp³-hybridized carbons (Fsp3) is 0.310. The molecule has 8 saturated carbocycles. The van der Waals surface area contributed by atoms with Gasteiger partial charge in [0, 0.05) is 65.8 Å². The third kappa shape index (κ3) is 6.33. The molecular weight excluding hydrogens is 937 g/mol. The van der Waals surface area contributed by atoms with Crippen LogP contribution in [0.15, 0.2) is 164 Å². The molecule has 6 nitrogen and oxygen atoms in total. The number of hydrogen-bond acceptors (Lipinski definition) is 3. The van der Waals surface area contributed by atoms with Crippen molar-refractivity contribution < 1.29 is 0 Å². The molecule has 0 saturated heterocycles. The Hall–Kier alpha value is -7.57. The van der Waals surface area contributed by atoms with Crippen LogP contribution in [-0.4, -0.2) is 28.7 Å². The first-order chi connectivity index (χ1) is 38.0. The summed E-state index contributed by atoms with van der Waals surface area (Å²) in [6.45, 7) is 0. The van der Waals surface area contributed by atoms with Crippen LogP contribution in [0, 0.1) is 35.5 Å². The lowest BCUT2D eigenvalue weighted by Crippen LogP contribution is -2.51. The van der Waals surface area contributed by atoms with E-state index in [9.17, 15) is 0 Å². The molecular formula is C71H62N6. The van der Waals surface area contributed by atoms with Gasteiger partial charge in [0.15, 0.2) is 5.82 Å². The van der Waals surface area contributed by atoms with E-state index in [4.69, 9.17) is 15.0 Å². The minimum absolute atomic E-state index is 0.0188. The number of hydrogen-bond donors (Lipinski definition) is 0. The molecule has 4 heterocycles. The Balaban J connectivity index is 0.929. The van der Waals surface area contributed by atoms with E-state index in [0.29, 0.717) is 0 Å². The van der Waals surface area contributed by atoms with Crippen molar-refractivity contribution in [1.82, 2.24) is 28.7 Å². The zero-order chi connectivity index (χ0) is 50.1. The van der Waals surface area contributed by atoms with Crippen molar-refractivity contribution in [1.29, 1.82) is 0 Å². The highest BCUT2D eigenvalue weighted by molar-refractivity contribution is 6.15. The second kappa shape index (κ2) is 16.0. The summed E-state index contributed by atoms with van der Waals surface area (Å²) in [5.74, 6) is 7.86. The van der Waals surface area contributed by atoms with Crippen LogP contribution in [0.25, 0.3) is 100 Å². The van der Waals surface area contributed by atoms with Gasteiger partial charge in [-0.1, -0.05) is 109 Å². The number of aromatic nitrogens is 6. The van der Waals surface area contributed by atoms with Crippen LogP contribution in [-0.2, 0) is 17.3 Å². The zero-order valence-electron chi connectivity index (χ0n) is 43.7. The predicted molar refractivity (Wildman–Crippen MR) is 313 cm³/mol. The molecule has 4 aromatic heterocycles. The molecule has 8 bridgehead atoms. The van der Waals surface area contributed by atoms with Crippen LogP contribution in [0.3, 0.4) is 0 Å². The molecule has 0 spiro atoms. The summed E-state index contributed by atoms with van der Waals surface area (Å²) < 4.78 is 7.62. The molecule has 9 aliphatic carbocycles. The molecule has 0 amide bonds. The molecule has 6 heteroatoms. The Morgan fingerprint density at radius 1 is 0.390 bits per heavy atom. The Morgan fingerprint density at radius 2 is 0.896 bits per heavy atom. The number of para-hydroxylation sites is 5. The fourth-order valence-electron chi connectivity index (χ4n) is 18.7. The molecule has 0 aliphatic heterocycles. The maximum atomic E-state index is 6.05. The van der Waals surface area contributed by atoms with Crippen LogP contribution in [0.5, 0.6) is 0 Å². The molecule has 20 rings (SSSR count). The van der Waals surface area contributed by atoms with Gasteiger partial charge in [-0.05, 0) is 192 Å². The number of nitrogens with zero attached hydrogens (tertiary/aromatic N) is 6. The highest BCUT2D eigenvalue weighted by atomic mass is 15.1. The van der Waals surface area contributed by atoms with E-state index in [-0.39, 0.29) is 10.8 Å². The van der Waals surface area contributed by atoms with E-state index in [0.717, 1.165) is 77.1 Å². The summed E-state index contributed by atoms with van der Waals surface area (Å²) in [5.41, 5.74) is 15.8. The highest BCUT2D eigenvalue weighted by Crippen LogP contribution is 2.63. The molecule has 11 aromatic rings. The molecule has 0 atom stereocenters. The standard InChI is InChI=1S/C71H62N6/c1-2-14-50(15-3-1)75-60-22-10-7-19-54(60)56-35-57-55-20-8-13-25-63(55)77(66(57)36-65(56)75)64-27-26-49(51-16-4-9-21-59(51)76-61-23-11-5-17-52(61)53-18-6-12-24-62(53)76)34-58(64)67-72-68(70-37-43-28-44(38-70)30-45(29-43)39-70)74-69(73-67)71-40-46-31-47(41-71)33-48(32-46)42-71/h1-12,14-24,26-27,34-36,43-48H,13,25,28-33,37-42H2. The van der Waals surface area contributed by atoms with Gasteiger partial charge in [-0.2, -0.15) is 0 Å². The Morgan fingerprint density at radius 3 is 1.51 bits per heavy atom. The predicted octanol–water partition coefficient (Wildman–Crippen LogP) is 17.2. The van der Waals surface area contributed by atoms with E-state index < -0.39 is 0 Å². The number of allylic oxidation sites excluding steroid dienone is 1. The molecule has 376 valence electrons. The zero-order valence-corrected chi connectivity index (χ0v) is 43.7. The monoisotopic (exact) mass is 999 g/mol. The van der Waals surface area contributed by atoms with Crippen molar-refractivity contribution in [2.45, 2.75) is 101 Å². The minimum Gasteiger partial charge on any atom is -0.312 e. The van der Waals surface area contributed by atoms with E-state index in [2.05, 4.69) is 184 Å². The van der Waals surface area contributed by atoms with Gasteiger partial charge in [0.25, 0.3) is 0 Å². The Bertz CT molecular complexity index is 4130. The third-order valence-corrected chi connectivity index (χ3v) is 20.9. The van der Waals surface area contributed by atoms with Gasteiger partial charge in [0.05, 0.1) is 39.0 Å². The maximum absolute atomic E-state index is 6.05. The summed E-state index contributed by atoms with van der Waals surface area (Å²) in [5, 5.41) is 6.40. The van der Waals surface area contributed by atoms with E-state index in [1.165, 1.54) is 165 Å². The largest absolute Gasteiger partial charge is 0.312 e. The maximum Gasteiger partial charge on any atom is 0.165 e. The first-order valence-electron chi connectivity index (χ1n) is 29.3. The number of benzene rings is 7. The van der Waals surface area contributed by atoms with Crippen LogP contribution < -0.4 is 0 Å². The first kappa shape index (κ1) is 43.5. The molecule has 0 radical (unpaired) electrons. The quantitative estimate of drug-likeness (QED) is 0.160. The first-order valence-corrected chi connectivity index (χ1v) is 29.3. The van der Waals surface area contributed by atoms with Gasteiger partial charge < -0.3 is 13.7 Å². The van der Waals surface area contributed by atoms with Crippen molar-refractivity contribution in [3.8, 4) is 39.6 Å². The number of rotatable bonds is 7. The van der Waals surface area contributed by atoms with Gasteiger partial charge in [0.1, 0.15) is 11.6 Å². The SMILES string of the molecule is C1=Cc2c(n(-c3ccc(-c4ccccc4-n4c5ccccc5c5ccccc54)cc3-c3nc(C45CC6CC(CC(C6)C4)C5)nc(C45CC6CC(CC(C6)C4)C5)n3)c3cc4c(cc23)c2ccccc2n4-c2ccccc2)CC1. The molecule has 9 aliphatic rings. The lowest BCUT2D eigenvalue weighted by molar-refractivity contribution is -0.0155. The topological polar surface area (TPSA) is 53.5 Å². The molecule has 8 fully saturated rings. The van der Waals surface area contributed by atoms with Crippen molar-refractivity contribution >= 4 is 60.6 Å². The molecule has 7 aromatic carbocycles. The van der Waals surface area contributed by atoms with Crippen LogP contribution in [0.4, 0.5) is 0 Å². The van der Waals surface area contributed by atoms with Crippen LogP contribution in [0.2, 0.25) is 0 Å². The summed E-state index contributed by atoms with van der Waals surface area (Å²) >= 11 is 0. The van der Waals surface area contributed by atoms with Crippen LogP contribution >= 0.6 is 0 Å². The van der Waals surface area contributed by atoms with Crippen molar-refractivity contribution in [3.05, 3.63) is 187 Å². The fourth-order valence-corrected chi connectivity index (χ4v) is 18.7. The van der Waals surface area contributed by atoms with Crippen molar-refractivity contribution in [2.24, 2.45) is 35.5 Å². The normalized spacial score (nSPS) is 26.8. The van der Waals surface area contributed by atoms with E-state index in [1.54, 1.807) is 0 Å². The van der Waals surface area contributed by atoms with Gasteiger partial charge in [0.2, 0.25) is 0 Å². The van der Waals surface area contributed by atoms with Crippen molar-refractivity contribution in [3.63, 3.8) is 0 Å². The number of fused-ring (bicyclic) bond motifs is 9. The highest BCUT2D eigenvalue weighted by Gasteiger charge is 2.56. The lowest BCUT2D eigenvalue weighted by Gasteiger charge is -2.57. The summed E-state index contributed by atoms with van der Waals surface area (Å²) in [7, 11) is 0. The second-order valence-corrected chi connectivity index (χ2v) is 25.5. The average molecular weight is 999 g/mol. The molecule has 0 unspecified atom stereocenters. The van der Waals surface area contributed by atoms with Gasteiger partial charge in [-0.3, -0.25) is 0 Å². The Labute approximate surface area is 449 Å². The molecule has 77 heavy (non-hydrogen) atoms. The summed E-state index contributed by atoms with van der Waals surface area (Å²) in [6, 6.07) is 59.2. The van der Waals surface area contributed by atoms with E-state index >= 15 is 0 Å². The van der Waals surface area contributed by atoms with Gasteiger partial charge in [-0.25, -0.2) is 15.0 Å². The van der Waals surface area contributed by atoms with Crippen LogP contribution in [0.1, 0.15) is 106 Å². The Kier molecular flexibility index (Phi) is 9.05. The summed E-state index contributed by atoms with van der Waals surface area (Å²) in [4.78, 5) is 18.1. The smallest absolute Gasteiger partial charge is 0.165 e. The van der Waals surface area contributed by atoms with Gasteiger partial charge >= 0.3 is 0 Å². The van der Waals surface area contributed by atoms with E-state index in [1.807, 2.05) is 0 Å². The van der Waals surface area contributed by atoms with Crippen molar-refractivity contribution in [2.75, 3.05) is 0 Å². The second-order valence-electron chi connectivity index (χ2n) is 25.5. The average Bonchev–Trinajstić information content (AvgIpc) is 4.27. The molecule has 0 N–H and O–H groups in total. The minimum atomic E-state index is 0.0188.